The minimum absolute atomic E-state index is 0.0286. The van der Waals surface area contributed by atoms with Gasteiger partial charge in [-0.25, -0.2) is 0 Å². The number of morpholine rings is 1. The highest BCUT2D eigenvalue weighted by Gasteiger charge is 2.27. The molecule has 0 spiro atoms. The zero-order valence-corrected chi connectivity index (χ0v) is 9.99. The van der Waals surface area contributed by atoms with Crippen LogP contribution in [0.5, 0.6) is 0 Å². The van der Waals surface area contributed by atoms with E-state index in [9.17, 15) is 9.59 Å². The highest BCUT2D eigenvalue weighted by Crippen LogP contribution is 2.05. The standard InChI is InChI=1S/C11H20N2O3/c1-3-4-12-5-9(2)6-13-10(14)7-16-8-11(13)15/h9,12H,3-8H2,1-2H3. The Bertz CT molecular complexity index is 240. The molecule has 5 heteroatoms. The second-order valence-electron chi connectivity index (χ2n) is 4.20. The number of ether oxygens (including phenoxy) is 1. The molecule has 0 aromatic heterocycles. The maximum Gasteiger partial charge on any atom is 0.255 e. The van der Waals surface area contributed by atoms with E-state index in [0.717, 1.165) is 19.5 Å². The van der Waals surface area contributed by atoms with Crippen molar-refractivity contribution in [1.82, 2.24) is 10.2 Å². The van der Waals surface area contributed by atoms with Gasteiger partial charge in [-0.1, -0.05) is 13.8 Å². The molecule has 0 radical (unpaired) electrons. The van der Waals surface area contributed by atoms with Crippen molar-refractivity contribution in [3.05, 3.63) is 0 Å². The summed E-state index contributed by atoms with van der Waals surface area (Å²) in [4.78, 5) is 24.2. The summed E-state index contributed by atoms with van der Waals surface area (Å²) < 4.78 is 4.85. The van der Waals surface area contributed by atoms with Gasteiger partial charge in [-0.15, -0.1) is 0 Å². The number of rotatable bonds is 6. The van der Waals surface area contributed by atoms with Gasteiger partial charge in [-0.05, 0) is 25.4 Å². The molecule has 5 nitrogen and oxygen atoms in total. The van der Waals surface area contributed by atoms with E-state index >= 15 is 0 Å². The first kappa shape index (κ1) is 13.1. The van der Waals surface area contributed by atoms with Crippen LogP contribution in [0.2, 0.25) is 0 Å². The normalized spacial score (nSPS) is 19.0. The van der Waals surface area contributed by atoms with E-state index < -0.39 is 0 Å². The first-order chi connectivity index (χ1) is 7.65. The Morgan fingerprint density at radius 1 is 1.38 bits per heavy atom. The van der Waals surface area contributed by atoms with Crippen molar-refractivity contribution in [2.24, 2.45) is 5.92 Å². The quantitative estimate of drug-likeness (QED) is 0.514. The molecule has 0 aromatic rings. The highest BCUT2D eigenvalue weighted by atomic mass is 16.5. The second-order valence-corrected chi connectivity index (χ2v) is 4.20. The Kier molecular flexibility index (Phi) is 5.42. The summed E-state index contributed by atoms with van der Waals surface area (Å²) in [5.41, 5.74) is 0. The van der Waals surface area contributed by atoms with Crippen molar-refractivity contribution < 1.29 is 14.3 Å². The molecule has 16 heavy (non-hydrogen) atoms. The number of hydrogen-bond donors (Lipinski definition) is 1. The van der Waals surface area contributed by atoms with Crippen LogP contribution in [-0.2, 0) is 14.3 Å². The van der Waals surface area contributed by atoms with Gasteiger partial charge in [0.15, 0.2) is 0 Å². The van der Waals surface area contributed by atoms with Crippen LogP contribution in [0.15, 0.2) is 0 Å². The van der Waals surface area contributed by atoms with Gasteiger partial charge in [0, 0.05) is 6.54 Å². The molecular weight excluding hydrogens is 208 g/mol. The fourth-order valence-electron chi connectivity index (χ4n) is 1.63. The summed E-state index contributed by atoms with van der Waals surface area (Å²) in [5.74, 6) is -0.172. The van der Waals surface area contributed by atoms with Crippen LogP contribution in [0.1, 0.15) is 20.3 Å². The van der Waals surface area contributed by atoms with E-state index in [1.165, 1.54) is 4.90 Å². The molecule has 2 amide bonds. The van der Waals surface area contributed by atoms with E-state index in [4.69, 9.17) is 4.74 Å². The number of carbonyl (C=O) groups excluding carboxylic acids is 2. The molecule has 1 rings (SSSR count). The maximum atomic E-state index is 11.4. The maximum absolute atomic E-state index is 11.4. The Labute approximate surface area is 96.1 Å². The number of carbonyl (C=O) groups is 2. The SMILES string of the molecule is CCCNCC(C)CN1C(=O)COCC1=O. The minimum atomic E-state index is -0.224. The number of amides is 2. The average Bonchev–Trinajstić information content (AvgIpc) is 2.24. The molecule has 0 aromatic carbocycles. The fourth-order valence-corrected chi connectivity index (χ4v) is 1.63. The molecule has 0 bridgehead atoms. The molecule has 1 aliphatic rings. The number of nitrogens with one attached hydrogen (secondary N) is 1. The van der Waals surface area contributed by atoms with Gasteiger partial charge in [-0.3, -0.25) is 14.5 Å². The lowest BCUT2D eigenvalue weighted by Gasteiger charge is -2.27. The van der Waals surface area contributed by atoms with Crippen LogP contribution in [0, 0.1) is 5.92 Å². The van der Waals surface area contributed by atoms with Crippen LogP contribution < -0.4 is 5.32 Å². The molecule has 1 saturated heterocycles. The first-order valence-electron chi connectivity index (χ1n) is 5.76. The summed E-state index contributed by atoms with van der Waals surface area (Å²) in [5, 5.41) is 3.27. The lowest BCUT2D eigenvalue weighted by Crippen LogP contribution is -2.48. The average molecular weight is 228 g/mol. The van der Waals surface area contributed by atoms with E-state index in [2.05, 4.69) is 12.2 Å². The van der Waals surface area contributed by atoms with Crippen LogP contribution in [-0.4, -0.2) is 49.6 Å². The van der Waals surface area contributed by atoms with E-state index in [1.54, 1.807) is 0 Å². The van der Waals surface area contributed by atoms with Gasteiger partial charge >= 0.3 is 0 Å². The van der Waals surface area contributed by atoms with Crippen molar-refractivity contribution in [3.8, 4) is 0 Å². The van der Waals surface area contributed by atoms with Crippen LogP contribution >= 0.6 is 0 Å². The summed E-state index contributed by atoms with van der Waals surface area (Å²) >= 11 is 0. The molecule has 1 atom stereocenters. The topological polar surface area (TPSA) is 58.6 Å². The largest absolute Gasteiger partial charge is 0.362 e. The number of imide groups is 1. The first-order valence-corrected chi connectivity index (χ1v) is 5.76. The van der Waals surface area contributed by atoms with Crippen molar-refractivity contribution in [2.75, 3.05) is 32.8 Å². The second kappa shape index (κ2) is 6.60. The van der Waals surface area contributed by atoms with Crippen LogP contribution in [0.3, 0.4) is 0 Å². The summed E-state index contributed by atoms with van der Waals surface area (Å²) in [6.45, 7) is 6.46. The van der Waals surface area contributed by atoms with Gasteiger partial charge in [0.1, 0.15) is 13.2 Å². The van der Waals surface area contributed by atoms with E-state index in [-0.39, 0.29) is 30.9 Å². The fraction of sp³-hybridized carbons (Fsp3) is 0.818. The lowest BCUT2D eigenvalue weighted by atomic mass is 10.1. The van der Waals surface area contributed by atoms with Crippen molar-refractivity contribution in [2.45, 2.75) is 20.3 Å². The predicted octanol–water partition coefficient (Wildman–Crippen LogP) is 0.00750. The Morgan fingerprint density at radius 3 is 2.56 bits per heavy atom. The Morgan fingerprint density at radius 2 is 2.00 bits per heavy atom. The monoisotopic (exact) mass is 228 g/mol. The van der Waals surface area contributed by atoms with Crippen LogP contribution in [0.4, 0.5) is 0 Å². The summed E-state index contributed by atoms with van der Waals surface area (Å²) in [7, 11) is 0. The van der Waals surface area contributed by atoms with Gasteiger partial charge in [-0.2, -0.15) is 0 Å². The lowest BCUT2D eigenvalue weighted by molar-refractivity contribution is -0.159. The molecule has 0 saturated carbocycles. The van der Waals surface area contributed by atoms with Crippen molar-refractivity contribution in [1.29, 1.82) is 0 Å². The van der Waals surface area contributed by atoms with Gasteiger partial charge in [0.2, 0.25) is 0 Å². The molecule has 1 aliphatic heterocycles. The molecule has 0 aliphatic carbocycles. The van der Waals surface area contributed by atoms with Crippen molar-refractivity contribution in [3.63, 3.8) is 0 Å². The molecular formula is C11H20N2O3. The molecule has 1 unspecified atom stereocenters. The van der Waals surface area contributed by atoms with Gasteiger partial charge in [0.05, 0.1) is 0 Å². The van der Waals surface area contributed by atoms with Crippen molar-refractivity contribution >= 4 is 11.8 Å². The zero-order chi connectivity index (χ0) is 12.0. The highest BCUT2D eigenvalue weighted by molar-refractivity contribution is 5.98. The molecule has 1 heterocycles. The van der Waals surface area contributed by atoms with Gasteiger partial charge < -0.3 is 10.1 Å². The summed E-state index contributed by atoms with van der Waals surface area (Å²) in [6, 6.07) is 0. The third-order valence-corrected chi connectivity index (χ3v) is 2.47. The smallest absolute Gasteiger partial charge is 0.255 e. The van der Waals surface area contributed by atoms with E-state index in [1.807, 2.05) is 6.92 Å². The third kappa shape index (κ3) is 3.90. The van der Waals surface area contributed by atoms with Gasteiger partial charge in [0.25, 0.3) is 11.8 Å². The molecule has 1 N–H and O–H groups in total. The minimum Gasteiger partial charge on any atom is -0.362 e. The Hall–Kier alpha value is -0.940. The zero-order valence-electron chi connectivity index (χ0n) is 9.99. The van der Waals surface area contributed by atoms with Crippen LogP contribution in [0.25, 0.3) is 0 Å². The Balaban J connectivity index is 2.33. The third-order valence-electron chi connectivity index (χ3n) is 2.47. The number of nitrogens with zero attached hydrogens (tertiary/aromatic N) is 1. The summed E-state index contributed by atoms with van der Waals surface area (Å²) in [6.07, 6.45) is 1.09. The molecule has 92 valence electrons. The molecule has 1 fully saturated rings. The number of hydrogen-bond acceptors (Lipinski definition) is 4. The van der Waals surface area contributed by atoms with E-state index in [0.29, 0.717) is 6.54 Å². The predicted molar refractivity (Wildman–Crippen MR) is 59.9 cm³/mol.